The first-order chi connectivity index (χ1) is 8.43. The molecule has 1 N–H and O–H groups in total. The van der Waals surface area contributed by atoms with E-state index in [1.165, 1.54) is 24.8 Å². The van der Waals surface area contributed by atoms with Gasteiger partial charge in [-0.1, -0.05) is 30.3 Å². The monoisotopic (exact) mass is 227 g/mol. The normalized spacial score (nSPS) is 16.1. The molecular weight excluding hydrogens is 210 g/mol. The van der Waals surface area contributed by atoms with Crippen molar-refractivity contribution in [3.8, 4) is 11.3 Å². The average Bonchev–Trinajstić information content (AvgIpc) is 2.90. The highest BCUT2D eigenvalue weighted by molar-refractivity contribution is 5.60. The third-order valence-electron chi connectivity index (χ3n) is 3.29. The number of rotatable bonds is 2. The van der Waals surface area contributed by atoms with Crippen LogP contribution in [0.2, 0.25) is 0 Å². The third-order valence-corrected chi connectivity index (χ3v) is 3.29. The van der Waals surface area contributed by atoms with Crippen molar-refractivity contribution in [1.82, 2.24) is 9.97 Å². The van der Waals surface area contributed by atoms with E-state index in [0.29, 0.717) is 0 Å². The maximum atomic E-state index is 4.67. The van der Waals surface area contributed by atoms with Gasteiger partial charge in [0.1, 0.15) is 0 Å². The second kappa shape index (κ2) is 4.62. The summed E-state index contributed by atoms with van der Waals surface area (Å²) in [4.78, 5) is 10.3. The predicted octanol–water partition coefficient (Wildman–Crippen LogP) is 3.07. The molecule has 1 aliphatic rings. The van der Waals surface area contributed by atoms with E-state index < -0.39 is 0 Å². The molecule has 2 aromatic rings. The molecule has 17 heavy (non-hydrogen) atoms. The van der Waals surface area contributed by atoms with E-state index in [1.807, 2.05) is 24.4 Å². The van der Waals surface area contributed by atoms with Crippen LogP contribution in [0.3, 0.4) is 0 Å². The summed E-state index contributed by atoms with van der Waals surface area (Å²) in [6.45, 7) is 2.25. The third kappa shape index (κ3) is 2.18. The second-order valence-electron chi connectivity index (χ2n) is 4.52. The molecule has 0 radical (unpaired) electrons. The van der Waals surface area contributed by atoms with Crippen LogP contribution in [0.15, 0.2) is 36.5 Å². The molecule has 0 bridgehead atoms. The van der Waals surface area contributed by atoms with Gasteiger partial charge in [-0.3, -0.25) is 0 Å². The molecule has 2 heterocycles. The molecule has 0 unspecified atom stereocenters. The summed E-state index contributed by atoms with van der Waals surface area (Å²) in [5.74, 6) is 1.02. The summed E-state index contributed by atoms with van der Waals surface area (Å²) < 4.78 is 0. The first-order valence-electron chi connectivity index (χ1n) is 6.29. The lowest BCUT2D eigenvalue weighted by molar-refractivity contribution is 0.570. The molecule has 0 spiro atoms. The minimum absolute atomic E-state index is 1.02. The van der Waals surface area contributed by atoms with Crippen LogP contribution in [-0.2, 0) is 0 Å². The van der Waals surface area contributed by atoms with E-state index >= 15 is 0 Å². The number of aromatic amines is 1. The number of hydrogen-bond acceptors (Lipinski definition) is 2. The summed E-state index contributed by atoms with van der Waals surface area (Å²) in [6, 6.07) is 10.3. The van der Waals surface area contributed by atoms with Gasteiger partial charge in [-0.25, -0.2) is 4.98 Å². The Hall–Kier alpha value is -1.77. The van der Waals surface area contributed by atoms with E-state index in [0.717, 1.165) is 24.7 Å². The Morgan fingerprint density at radius 3 is 2.53 bits per heavy atom. The van der Waals surface area contributed by atoms with Crippen LogP contribution in [-0.4, -0.2) is 23.1 Å². The van der Waals surface area contributed by atoms with Crippen molar-refractivity contribution in [2.75, 3.05) is 18.0 Å². The van der Waals surface area contributed by atoms with Gasteiger partial charge in [0.25, 0.3) is 0 Å². The van der Waals surface area contributed by atoms with Gasteiger partial charge in [0, 0.05) is 24.8 Å². The van der Waals surface area contributed by atoms with Crippen LogP contribution in [0.1, 0.15) is 19.3 Å². The van der Waals surface area contributed by atoms with Crippen molar-refractivity contribution in [2.24, 2.45) is 0 Å². The van der Waals surface area contributed by atoms with Crippen molar-refractivity contribution >= 4 is 5.95 Å². The zero-order valence-electron chi connectivity index (χ0n) is 9.89. The van der Waals surface area contributed by atoms with E-state index in [4.69, 9.17) is 0 Å². The van der Waals surface area contributed by atoms with E-state index in [9.17, 15) is 0 Å². The molecule has 0 atom stereocenters. The number of hydrogen-bond donors (Lipinski definition) is 1. The van der Waals surface area contributed by atoms with Gasteiger partial charge < -0.3 is 9.88 Å². The zero-order valence-corrected chi connectivity index (χ0v) is 9.89. The average molecular weight is 227 g/mol. The lowest BCUT2D eigenvalue weighted by Gasteiger charge is -2.25. The van der Waals surface area contributed by atoms with Crippen LogP contribution < -0.4 is 4.90 Å². The van der Waals surface area contributed by atoms with Crippen molar-refractivity contribution in [3.63, 3.8) is 0 Å². The van der Waals surface area contributed by atoms with Crippen molar-refractivity contribution < 1.29 is 0 Å². The van der Waals surface area contributed by atoms with Crippen molar-refractivity contribution in [2.45, 2.75) is 19.3 Å². The van der Waals surface area contributed by atoms with E-state index in [2.05, 4.69) is 27.0 Å². The molecule has 0 saturated carbocycles. The van der Waals surface area contributed by atoms with Crippen LogP contribution >= 0.6 is 0 Å². The van der Waals surface area contributed by atoms with Crippen molar-refractivity contribution in [1.29, 1.82) is 0 Å². The Morgan fingerprint density at radius 1 is 1.00 bits per heavy atom. The number of nitrogens with one attached hydrogen (secondary N) is 1. The summed E-state index contributed by atoms with van der Waals surface area (Å²) >= 11 is 0. The fraction of sp³-hybridized carbons (Fsp3) is 0.357. The molecule has 3 heteroatoms. The van der Waals surface area contributed by atoms with Gasteiger partial charge in [0.2, 0.25) is 5.95 Å². The fourth-order valence-corrected chi connectivity index (χ4v) is 2.34. The lowest BCUT2D eigenvalue weighted by atomic mass is 10.1. The quantitative estimate of drug-likeness (QED) is 0.855. The molecule has 1 aromatic heterocycles. The topological polar surface area (TPSA) is 31.9 Å². The molecule has 1 saturated heterocycles. The van der Waals surface area contributed by atoms with Gasteiger partial charge in [-0.15, -0.1) is 0 Å². The number of nitrogens with zero attached hydrogens (tertiary/aromatic N) is 2. The number of anilines is 1. The Morgan fingerprint density at radius 2 is 1.76 bits per heavy atom. The minimum Gasteiger partial charge on any atom is -0.342 e. The number of imidazole rings is 1. The van der Waals surface area contributed by atoms with Gasteiger partial charge in [-0.05, 0) is 19.3 Å². The Balaban J connectivity index is 1.83. The predicted molar refractivity (Wildman–Crippen MR) is 70.1 cm³/mol. The Bertz CT molecular complexity index is 469. The van der Waals surface area contributed by atoms with Gasteiger partial charge in [-0.2, -0.15) is 0 Å². The SMILES string of the molecule is c1ccc(-c2c[nH]c(N3CCCCC3)n2)cc1. The summed E-state index contributed by atoms with van der Waals surface area (Å²) in [7, 11) is 0. The summed E-state index contributed by atoms with van der Waals surface area (Å²) in [5, 5.41) is 0. The molecule has 0 amide bonds. The van der Waals surface area contributed by atoms with Crippen LogP contribution in [0.25, 0.3) is 11.3 Å². The van der Waals surface area contributed by atoms with Crippen molar-refractivity contribution in [3.05, 3.63) is 36.5 Å². The summed E-state index contributed by atoms with van der Waals surface area (Å²) in [6.07, 6.45) is 5.91. The first-order valence-corrected chi connectivity index (χ1v) is 6.29. The number of piperidine rings is 1. The lowest BCUT2D eigenvalue weighted by Crippen LogP contribution is -2.30. The fourth-order valence-electron chi connectivity index (χ4n) is 2.34. The first kappa shape index (κ1) is 10.4. The Kier molecular flexibility index (Phi) is 2.82. The highest BCUT2D eigenvalue weighted by Crippen LogP contribution is 2.21. The largest absolute Gasteiger partial charge is 0.342 e. The Labute approximate surface area is 101 Å². The van der Waals surface area contributed by atoms with Gasteiger partial charge >= 0.3 is 0 Å². The maximum Gasteiger partial charge on any atom is 0.203 e. The van der Waals surface area contributed by atoms with Crippen LogP contribution in [0.5, 0.6) is 0 Å². The van der Waals surface area contributed by atoms with Gasteiger partial charge in [0.15, 0.2) is 0 Å². The molecule has 1 fully saturated rings. The number of H-pyrrole nitrogens is 1. The highest BCUT2D eigenvalue weighted by atomic mass is 15.3. The second-order valence-corrected chi connectivity index (χ2v) is 4.52. The van der Waals surface area contributed by atoms with Crippen LogP contribution in [0.4, 0.5) is 5.95 Å². The molecule has 1 aromatic carbocycles. The van der Waals surface area contributed by atoms with E-state index in [1.54, 1.807) is 0 Å². The zero-order chi connectivity index (χ0) is 11.5. The van der Waals surface area contributed by atoms with Gasteiger partial charge in [0.05, 0.1) is 5.69 Å². The molecule has 3 nitrogen and oxygen atoms in total. The molecule has 3 rings (SSSR count). The standard InChI is InChI=1S/C14H17N3/c1-3-7-12(8-4-1)13-11-15-14(16-13)17-9-5-2-6-10-17/h1,3-4,7-8,11H,2,5-6,9-10H2,(H,15,16). The highest BCUT2D eigenvalue weighted by Gasteiger charge is 2.14. The molecule has 1 aliphatic heterocycles. The summed E-state index contributed by atoms with van der Waals surface area (Å²) in [5.41, 5.74) is 2.21. The van der Waals surface area contributed by atoms with E-state index in [-0.39, 0.29) is 0 Å². The number of benzene rings is 1. The maximum absolute atomic E-state index is 4.67. The smallest absolute Gasteiger partial charge is 0.203 e. The minimum atomic E-state index is 1.02. The molecule has 0 aliphatic carbocycles. The molecular formula is C14H17N3. The number of aromatic nitrogens is 2. The van der Waals surface area contributed by atoms with Crippen LogP contribution in [0, 0.1) is 0 Å². The molecule has 88 valence electrons.